The largest absolute Gasteiger partial charge is 0.394 e. The van der Waals surface area contributed by atoms with Gasteiger partial charge in [0.1, 0.15) is 24.6 Å². The van der Waals surface area contributed by atoms with E-state index >= 15 is 0 Å². The van der Waals surface area contributed by atoms with Gasteiger partial charge in [0, 0.05) is 14.1 Å². The molecule has 1 fully saturated rings. The highest BCUT2D eigenvalue weighted by atomic mass is 16.6. The van der Waals surface area contributed by atoms with E-state index in [9.17, 15) is 15.3 Å². The van der Waals surface area contributed by atoms with Gasteiger partial charge in [-0.3, -0.25) is 4.57 Å². The van der Waals surface area contributed by atoms with Gasteiger partial charge in [-0.15, -0.1) is 0 Å². The summed E-state index contributed by atoms with van der Waals surface area (Å²) in [7, 11) is 3.67. The van der Waals surface area contributed by atoms with Gasteiger partial charge in [-0.2, -0.15) is 0 Å². The lowest BCUT2D eigenvalue weighted by Crippen LogP contribution is -2.33. The Bertz CT molecular complexity index is 718. The van der Waals surface area contributed by atoms with E-state index < -0.39 is 31.1 Å². The predicted molar refractivity (Wildman–Crippen MR) is 80.2 cm³/mol. The smallest absolute Gasteiger partial charge is 0.184 e. The Morgan fingerprint density at radius 3 is 2.74 bits per heavy atom. The zero-order chi connectivity index (χ0) is 16.6. The molecule has 1 aliphatic heterocycles. The van der Waals surface area contributed by atoms with Crippen molar-refractivity contribution in [3.8, 4) is 0 Å². The summed E-state index contributed by atoms with van der Waals surface area (Å²) < 4.78 is 6.99. The third-order valence-electron chi connectivity index (χ3n) is 3.54. The molecule has 0 unspecified atom stereocenters. The number of imidazole rings is 1. The van der Waals surface area contributed by atoms with E-state index in [1.54, 1.807) is 11.2 Å². The van der Waals surface area contributed by atoms with Crippen LogP contribution in [0, 0.1) is 0 Å². The lowest BCUT2D eigenvalue weighted by atomic mass is 10.1. The van der Waals surface area contributed by atoms with Crippen molar-refractivity contribution in [1.82, 2.24) is 24.4 Å². The molecule has 124 valence electrons. The van der Waals surface area contributed by atoms with E-state index in [1.807, 2.05) is 14.1 Å². The summed E-state index contributed by atoms with van der Waals surface area (Å²) >= 11 is 0. The maximum absolute atomic E-state index is 10.1. The maximum Gasteiger partial charge on any atom is 0.184 e. The molecule has 1 aliphatic rings. The zero-order valence-electron chi connectivity index (χ0n) is 12.7. The summed E-state index contributed by atoms with van der Waals surface area (Å²) in [4.78, 5) is 18.4. The van der Waals surface area contributed by atoms with Crippen LogP contribution in [0.5, 0.6) is 0 Å². The van der Waals surface area contributed by atoms with Crippen LogP contribution in [0.3, 0.4) is 0 Å². The average molecular weight is 322 g/mol. The molecular formula is C13H18N6O4. The molecule has 3 rings (SSSR count). The van der Waals surface area contributed by atoms with Gasteiger partial charge in [-0.05, 0) is 0 Å². The van der Waals surface area contributed by atoms with Crippen LogP contribution in [0.2, 0.25) is 0 Å². The first kappa shape index (κ1) is 15.7. The number of fused-ring (bicyclic) bond motifs is 1. The number of hydrogen-bond donors (Lipinski definition) is 3. The molecular weight excluding hydrogens is 304 g/mol. The number of nitrogens with zero attached hydrogens (tertiary/aromatic N) is 6. The van der Waals surface area contributed by atoms with Gasteiger partial charge >= 0.3 is 0 Å². The van der Waals surface area contributed by atoms with Gasteiger partial charge in [-0.25, -0.2) is 19.9 Å². The maximum atomic E-state index is 10.1. The average Bonchev–Trinajstić information content (AvgIpc) is 3.08. The lowest BCUT2D eigenvalue weighted by molar-refractivity contribution is -0.0511. The van der Waals surface area contributed by atoms with Crippen molar-refractivity contribution in [2.45, 2.75) is 24.5 Å². The standard InChI is InChI=1S/C13H18N6O4/c1-18(2)5-17-11-8-12(15-4-14-11)19(6-16-8)13-10(22)9(21)7(3-20)23-13/h4-7,9-10,13,20-22H,3H2,1-2H3/b17-5+/t7-,9-,10+,13-/m1/s1. The highest BCUT2D eigenvalue weighted by Crippen LogP contribution is 2.32. The molecule has 1 saturated heterocycles. The van der Waals surface area contributed by atoms with Crippen LogP contribution in [0.25, 0.3) is 11.2 Å². The molecule has 3 N–H and O–H groups in total. The van der Waals surface area contributed by atoms with Crippen LogP contribution in [-0.2, 0) is 4.74 Å². The number of rotatable bonds is 4. The van der Waals surface area contributed by atoms with Crippen LogP contribution >= 0.6 is 0 Å². The predicted octanol–water partition coefficient (Wildman–Crippen LogP) is -1.34. The van der Waals surface area contributed by atoms with E-state index in [-0.39, 0.29) is 0 Å². The summed E-state index contributed by atoms with van der Waals surface area (Å²) in [6.07, 6.45) is 0.225. The summed E-state index contributed by atoms with van der Waals surface area (Å²) in [6, 6.07) is 0. The van der Waals surface area contributed by atoms with Crippen molar-refractivity contribution in [2.24, 2.45) is 4.99 Å². The van der Waals surface area contributed by atoms with Crippen LogP contribution in [0.15, 0.2) is 17.6 Å². The molecule has 0 saturated carbocycles. The SMILES string of the molecule is CN(C)/C=N/c1ncnc2c1ncn2[C@@H]1O[C@H](CO)[C@@H](O)[C@@H]1O. The van der Waals surface area contributed by atoms with Crippen molar-refractivity contribution in [3.05, 3.63) is 12.7 Å². The van der Waals surface area contributed by atoms with E-state index in [4.69, 9.17) is 4.74 Å². The first-order valence-corrected chi connectivity index (χ1v) is 7.03. The second-order valence-corrected chi connectivity index (χ2v) is 5.46. The van der Waals surface area contributed by atoms with Crippen molar-refractivity contribution in [1.29, 1.82) is 0 Å². The highest BCUT2D eigenvalue weighted by molar-refractivity contribution is 5.82. The fourth-order valence-corrected chi connectivity index (χ4v) is 2.40. The summed E-state index contributed by atoms with van der Waals surface area (Å²) in [5.41, 5.74) is 0.865. The molecule has 0 aromatic carbocycles. The van der Waals surface area contributed by atoms with E-state index in [0.29, 0.717) is 17.0 Å². The first-order chi connectivity index (χ1) is 11.0. The molecule has 2 aromatic heterocycles. The number of ether oxygens (including phenoxy) is 1. The fraction of sp³-hybridized carbons (Fsp3) is 0.538. The monoisotopic (exact) mass is 322 g/mol. The third kappa shape index (κ3) is 2.77. The second kappa shape index (κ2) is 6.16. The Balaban J connectivity index is 1.99. The summed E-state index contributed by atoms with van der Waals surface area (Å²) in [6.45, 7) is -0.394. The third-order valence-corrected chi connectivity index (χ3v) is 3.54. The minimum Gasteiger partial charge on any atom is -0.394 e. The van der Waals surface area contributed by atoms with Crippen molar-refractivity contribution in [3.63, 3.8) is 0 Å². The molecule has 10 nitrogen and oxygen atoms in total. The van der Waals surface area contributed by atoms with Crippen molar-refractivity contribution in [2.75, 3.05) is 20.7 Å². The van der Waals surface area contributed by atoms with Crippen LogP contribution < -0.4 is 0 Å². The highest BCUT2D eigenvalue weighted by Gasteiger charge is 2.43. The van der Waals surface area contributed by atoms with Gasteiger partial charge in [0.15, 0.2) is 23.2 Å². The molecule has 0 spiro atoms. The van der Waals surface area contributed by atoms with Crippen molar-refractivity contribution < 1.29 is 20.1 Å². The zero-order valence-corrected chi connectivity index (χ0v) is 12.7. The minimum atomic E-state index is -1.20. The molecule has 10 heteroatoms. The Labute approximate surface area is 131 Å². The molecule has 4 atom stereocenters. The van der Waals surface area contributed by atoms with Crippen LogP contribution in [0.1, 0.15) is 6.23 Å². The molecule has 0 amide bonds. The Morgan fingerprint density at radius 2 is 2.09 bits per heavy atom. The van der Waals surface area contributed by atoms with Crippen LogP contribution in [-0.4, -0.2) is 85.1 Å². The molecule has 0 bridgehead atoms. The van der Waals surface area contributed by atoms with E-state index in [0.717, 1.165) is 0 Å². The van der Waals surface area contributed by atoms with Crippen LogP contribution in [0.4, 0.5) is 5.82 Å². The van der Waals surface area contributed by atoms with E-state index in [1.165, 1.54) is 17.2 Å². The van der Waals surface area contributed by atoms with Gasteiger partial charge in [0.05, 0.1) is 19.3 Å². The minimum absolute atomic E-state index is 0.384. The number of aliphatic imine (C=N–C) groups is 1. The topological polar surface area (TPSA) is 129 Å². The molecule has 3 heterocycles. The Kier molecular flexibility index (Phi) is 4.22. The normalized spacial score (nSPS) is 28.0. The number of aliphatic hydroxyl groups excluding tert-OH is 3. The van der Waals surface area contributed by atoms with Gasteiger partial charge in [0.2, 0.25) is 0 Å². The lowest BCUT2D eigenvalue weighted by Gasteiger charge is -2.16. The number of hydrogen-bond acceptors (Lipinski definition) is 8. The fourth-order valence-electron chi connectivity index (χ4n) is 2.40. The van der Waals surface area contributed by atoms with Gasteiger partial charge in [-0.1, -0.05) is 0 Å². The van der Waals surface area contributed by atoms with Crippen molar-refractivity contribution >= 4 is 23.3 Å². The number of aliphatic hydroxyl groups is 3. The Morgan fingerprint density at radius 1 is 1.30 bits per heavy atom. The summed E-state index contributed by atoms with van der Waals surface area (Å²) in [5, 5.41) is 29.2. The summed E-state index contributed by atoms with van der Waals surface area (Å²) in [5.74, 6) is 0.384. The molecule has 23 heavy (non-hydrogen) atoms. The Hall–Kier alpha value is -2.14. The quantitative estimate of drug-likeness (QED) is 0.466. The van der Waals surface area contributed by atoms with Gasteiger partial charge < -0.3 is 25.0 Å². The second-order valence-electron chi connectivity index (χ2n) is 5.46. The molecule has 0 aliphatic carbocycles. The molecule has 0 radical (unpaired) electrons. The van der Waals surface area contributed by atoms with E-state index in [2.05, 4.69) is 19.9 Å². The molecule has 2 aromatic rings. The number of aromatic nitrogens is 4. The van der Waals surface area contributed by atoms with Gasteiger partial charge in [0.25, 0.3) is 0 Å². The first-order valence-electron chi connectivity index (χ1n) is 7.03.